The Morgan fingerprint density at radius 1 is 1.15 bits per heavy atom. The smallest absolute Gasteiger partial charge is 0.103 e. The Morgan fingerprint density at radius 2 is 1.75 bits per heavy atom. The highest BCUT2D eigenvalue weighted by atomic mass is 15.4. The maximum Gasteiger partial charge on any atom is 0.103 e. The van der Waals surface area contributed by atoms with E-state index >= 15 is 0 Å². The van der Waals surface area contributed by atoms with E-state index in [0.29, 0.717) is 0 Å². The van der Waals surface area contributed by atoms with E-state index in [9.17, 15) is 0 Å². The lowest BCUT2D eigenvalue weighted by atomic mass is 9.87. The van der Waals surface area contributed by atoms with Crippen LogP contribution in [0, 0.1) is 6.92 Å². The summed E-state index contributed by atoms with van der Waals surface area (Å²) in [6.07, 6.45) is 0. The minimum Gasteiger partial charge on any atom is -0.312 e. The average molecular weight is 272 g/mol. The third kappa shape index (κ3) is 2.75. The maximum absolute atomic E-state index is 4.28. The SMILES string of the molecule is CNC(C)c1nnn(-c2ccc(C(C)(C)C)cc2)c1C. The van der Waals surface area contributed by atoms with Crippen molar-refractivity contribution in [2.45, 2.75) is 46.1 Å². The van der Waals surface area contributed by atoms with Crippen molar-refractivity contribution in [3.8, 4) is 5.69 Å². The van der Waals surface area contributed by atoms with E-state index in [0.717, 1.165) is 17.1 Å². The van der Waals surface area contributed by atoms with Crippen molar-refractivity contribution in [1.29, 1.82) is 0 Å². The van der Waals surface area contributed by atoms with E-state index in [1.807, 2.05) is 11.7 Å². The van der Waals surface area contributed by atoms with Gasteiger partial charge in [-0.25, -0.2) is 4.68 Å². The summed E-state index contributed by atoms with van der Waals surface area (Å²) in [6.45, 7) is 10.8. The van der Waals surface area contributed by atoms with Crippen LogP contribution in [-0.2, 0) is 5.41 Å². The molecule has 0 aliphatic heterocycles. The Labute approximate surface area is 121 Å². The van der Waals surface area contributed by atoms with Gasteiger partial charge in [-0.1, -0.05) is 38.1 Å². The van der Waals surface area contributed by atoms with Crippen LogP contribution in [-0.4, -0.2) is 22.0 Å². The van der Waals surface area contributed by atoms with Gasteiger partial charge >= 0.3 is 0 Å². The second-order valence-electron chi connectivity index (χ2n) is 6.28. The van der Waals surface area contributed by atoms with E-state index < -0.39 is 0 Å². The number of benzene rings is 1. The first kappa shape index (κ1) is 14.7. The van der Waals surface area contributed by atoms with E-state index in [2.05, 4.69) is 74.5 Å². The van der Waals surface area contributed by atoms with Crippen molar-refractivity contribution < 1.29 is 0 Å². The van der Waals surface area contributed by atoms with Gasteiger partial charge < -0.3 is 5.32 Å². The third-order valence-corrected chi connectivity index (χ3v) is 3.75. The zero-order valence-corrected chi connectivity index (χ0v) is 13.2. The zero-order chi connectivity index (χ0) is 14.9. The first-order valence-electron chi connectivity index (χ1n) is 7.05. The van der Waals surface area contributed by atoms with Gasteiger partial charge in [-0.2, -0.15) is 0 Å². The van der Waals surface area contributed by atoms with Crippen LogP contribution >= 0.6 is 0 Å². The fraction of sp³-hybridized carbons (Fsp3) is 0.500. The Kier molecular flexibility index (Phi) is 3.95. The first-order valence-corrected chi connectivity index (χ1v) is 7.05. The van der Waals surface area contributed by atoms with Crippen LogP contribution in [0.5, 0.6) is 0 Å². The van der Waals surface area contributed by atoms with Gasteiger partial charge in [-0.15, -0.1) is 5.10 Å². The standard InChI is InChI=1S/C16H24N4/c1-11(17-6)15-12(2)20(19-18-15)14-9-7-13(8-10-14)16(3,4)5/h7-11,17H,1-6H3. The zero-order valence-electron chi connectivity index (χ0n) is 13.2. The lowest BCUT2D eigenvalue weighted by Gasteiger charge is -2.19. The van der Waals surface area contributed by atoms with Crippen molar-refractivity contribution >= 4 is 0 Å². The van der Waals surface area contributed by atoms with E-state index in [-0.39, 0.29) is 11.5 Å². The van der Waals surface area contributed by atoms with Crippen LogP contribution in [0.15, 0.2) is 24.3 Å². The molecule has 1 atom stereocenters. The van der Waals surface area contributed by atoms with Crippen LogP contribution < -0.4 is 5.32 Å². The predicted molar refractivity (Wildman–Crippen MR) is 82.3 cm³/mol. The van der Waals surface area contributed by atoms with Crippen molar-refractivity contribution in [3.63, 3.8) is 0 Å². The Bertz CT molecular complexity index is 576. The third-order valence-electron chi connectivity index (χ3n) is 3.75. The van der Waals surface area contributed by atoms with Gasteiger partial charge in [0.05, 0.1) is 17.4 Å². The molecule has 0 radical (unpaired) electrons. The summed E-state index contributed by atoms with van der Waals surface area (Å²) in [5.74, 6) is 0. The fourth-order valence-corrected chi connectivity index (χ4v) is 2.23. The van der Waals surface area contributed by atoms with Gasteiger partial charge in [0.1, 0.15) is 5.69 Å². The van der Waals surface area contributed by atoms with Crippen molar-refractivity contribution in [1.82, 2.24) is 20.3 Å². The fourth-order valence-electron chi connectivity index (χ4n) is 2.23. The van der Waals surface area contributed by atoms with Crippen LogP contribution in [0.3, 0.4) is 0 Å². The van der Waals surface area contributed by atoms with Gasteiger partial charge in [0.25, 0.3) is 0 Å². The van der Waals surface area contributed by atoms with Gasteiger partial charge in [-0.3, -0.25) is 0 Å². The maximum atomic E-state index is 4.28. The molecule has 0 fully saturated rings. The van der Waals surface area contributed by atoms with Gasteiger partial charge in [0.15, 0.2) is 0 Å². The first-order chi connectivity index (χ1) is 9.34. The Morgan fingerprint density at radius 3 is 2.25 bits per heavy atom. The second-order valence-corrected chi connectivity index (χ2v) is 6.28. The highest BCUT2D eigenvalue weighted by molar-refractivity contribution is 5.38. The number of rotatable bonds is 3. The molecule has 108 valence electrons. The molecule has 2 rings (SSSR count). The minimum atomic E-state index is 0.168. The molecule has 0 spiro atoms. The second kappa shape index (κ2) is 5.37. The molecule has 0 amide bonds. The van der Waals surface area contributed by atoms with E-state index in [4.69, 9.17) is 0 Å². The number of nitrogens with one attached hydrogen (secondary N) is 1. The van der Waals surface area contributed by atoms with Crippen LogP contribution in [0.2, 0.25) is 0 Å². The molecule has 4 nitrogen and oxygen atoms in total. The quantitative estimate of drug-likeness (QED) is 0.933. The summed E-state index contributed by atoms with van der Waals surface area (Å²) in [5, 5.41) is 11.8. The van der Waals surface area contributed by atoms with Gasteiger partial charge in [0, 0.05) is 0 Å². The molecule has 2 aromatic rings. The normalized spacial score (nSPS) is 13.5. The molecular formula is C16H24N4. The van der Waals surface area contributed by atoms with Gasteiger partial charge in [-0.05, 0) is 44.0 Å². The summed E-state index contributed by atoms with van der Waals surface area (Å²) < 4.78 is 1.90. The Hall–Kier alpha value is -1.68. The molecule has 0 bridgehead atoms. The molecule has 0 saturated heterocycles. The number of nitrogens with zero attached hydrogens (tertiary/aromatic N) is 3. The number of aromatic nitrogens is 3. The Balaban J connectivity index is 2.36. The van der Waals surface area contributed by atoms with Crippen molar-refractivity contribution in [2.75, 3.05) is 7.05 Å². The summed E-state index contributed by atoms with van der Waals surface area (Å²) in [5.41, 5.74) is 4.62. The predicted octanol–water partition coefficient (Wildman–Crippen LogP) is 3.15. The monoisotopic (exact) mass is 272 g/mol. The van der Waals surface area contributed by atoms with Crippen molar-refractivity contribution in [3.05, 3.63) is 41.2 Å². The summed E-state index contributed by atoms with van der Waals surface area (Å²) in [4.78, 5) is 0. The summed E-state index contributed by atoms with van der Waals surface area (Å²) in [7, 11) is 1.93. The highest BCUT2D eigenvalue weighted by Gasteiger charge is 2.16. The molecular weight excluding hydrogens is 248 g/mol. The molecule has 0 aliphatic carbocycles. The molecule has 1 heterocycles. The van der Waals surface area contributed by atoms with E-state index in [1.54, 1.807) is 0 Å². The molecule has 1 aromatic carbocycles. The molecule has 20 heavy (non-hydrogen) atoms. The average Bonchev–Trinajstić information content (AvgIpc) is 2.79. The lowest BCUT2D eigenvalue weighted by molar-refractivity contribution is 0.590. The summed E-state index contributed by atoms with van der Waals surface area (Å²) >= 11 is 0. The van der Waals surface area contributed by atoms with Crippen LogP contribution in [0.25, 0.3) is 5.69 Å². The van der Waals surface area contributed by atoms with Gasteiger partial charge in [0.2, 0.25) is 0 Å². The molecule has 1 unspecified atom stereocenters. The summed E-state index contributed by atoms with van der Waals surface area (Å²) in [6, 6.07) is 8.75. The number of hydrogen-bond donors (Lipinski definition) is 1. The molecule has 0 saturated carbocycles. The van der Waals surface area contributed by atoms with Crippen LogP contribution in [0.4, 0.5) is 0 Å². The van der Waals surface area contributed by atoms with Crippen molar-refractivity contribution in [2.24, 2.45) is 0 Å². The van der Waals surface area contributed by atoms with Crippen LogP contribution in [0.1, 0.15) is 50.7 Å². The molecule has 0 aliphatic rings. The molecule has 1 N–H and O–H groups in total. The number of hydrogen-bond acceptors (Lipinski definition) is 3. The van der Waals surface area contributed by atoms with E-state index in [1.165, 1.54) is 5.56 Å². The lowest BCUT2D eigenvalue weighted by Crippen LogP contribution is -2.14. The molecule has 1 aromatic heterocycles. The largest absolute Gasteiger partial charge is 0.312 e. The molecule has 4 heteroatoms. The topological polar surface area (TPSA) is 42.7 Å². The minimum absolute atomic E-state index is 0.168. The highest BCUT2D eigenvalue weighted by Crippen LogP contribution is 2.24.